The van der Waals surface area contributed by atoms with Crippen LogP contribution in [0.1, 0.15) is 43.6 Å². The maximum absolute atomic E-state index is 13.0. The molecule has 122 valence electrons. The van der Waals surface area contributed by atoms with E-state index in [4.69, 9.17) is 0 Å². The van der Waals surface area contributed by atoms with Crippen LogP contribution in [0.15, 0.2) is 48.7 Å². The van der Waals surface area contributed by atoms with Gasteiger partial charge in [0.1, 0.15) is 4.75 Å². The van der Waals surface area contributed by atoms with Crippen molar-refractivity contribution in [2.75, 3.05) is 6.54 Å². The van der Waals surface area contributed by atoms with Crippen LogP contribution in [0.3, 0.4) is 0 Å². The molecule has 0 radical (unpaired) electrons. The molecule has 0 spiro atoms. The quantitative estimate of drug-likeness (QED) is 0.807. The van der Waals surface area contributed by atoms with Crippen LogP contribution in [-0.2, 0) is 24.2 Å². The van der Waals surface area contributed by atoms with Gasteiger partial charge in [0.05, 0.1) is 12.6 Å². The summed E-state index contributed by atoms with van der Waals surface area (Å²) in [6.45, 7) is 6.93. The lowest BCUT2D eigenvalue weighted by molar-refractivity contribution is 0.294. The fraction of sp³-hybridized carbons (Fsp3) is 0.421. The molecule has 0 saturated heterocycles. The van der Waals surface area contributed by atoms with Crippen LogP contribution in [0, 0.1) is 0 Å². The monoisotopic (exact) mass is 328 g/mol. The number of pyridine rings is 1. The van der Waals surface area contributed by atoms with Gasteiger partial charge in [0.25, 0.3) is 0 Å². The minimum atomic E-state index is -1.03. The van der Waals surface area contributed by atoms with Crippen LogP contribution < -0.4 is 0 Å². The molecule has 4 heteroatoms. The largest absolute Gasteiger partial charge is 0.597 e. The van der Waals surface area contributed by atoms with E-state index < -0.39 is 11.4 Å². The van der Waals surface area contributed by atoms with E-state index in [1.807, 2.05) is 39.1 Å². The SMILES string of the molecule is CC(C)(C)[S+]([O-])N1CCc2ncccc2C1Cc1ccccc1. The van der Waals surface area contributed by atoms with Crippen LogP contribution in [0.5, 0.6) is 0 Å². The minimum Gasteiger partial charge on any atom is -0.597 e. The predicted molar refractivity (Wildman–Crippen MR) is 95.4 cm³/mol. The molecule has 1 aliphatic rings. The molecule has 2 unspecified atom stereocenters. The Kier molecular flexibility index (Phi) is 4.76. The van der Waals surface area contributed by atoms with Crippen molar-refractivity contribution < 1.29 is 4.55 Å². The molecule has 2 heterocycles. The van der Waals surface area contributed by atoms with E-state index in [-0.39, 0.29) is 10.8 Å². The highest BCUT2D eigenvalue weighted by Crippen LogP contribution is 2.36. The van der Waals surface area contributed by atoms with E-state index in [0.717, 1.165) is 25.1 Å². The van der Waals surface area contributed by atoms with Crippen LogP contribution in [0.4, 0.5) is 0 Å². The first-order valence-corrected chi connectivity index (χ1v) is 9.24. The number of benzene rings is 1. The summed E-state index contributed by atoms with van der Waals surface area (Å²) in [7, 11) is 0. The summed E-state index contributed by atoms with van der Waals surface area (Å²) in [5, 5.41) is 0. The van der Waals surface area contributed by atoms with Gasteiger partial charge in [-0.05, 0) is 44.4 Å². The van der Waals surface area contributed by atoms with E-state index in [9.17, 15) is 4.55 Å². The summed E-state index contributed by atoms with van der Waals surface area (Å²) in [6, 6.07) is 14.7. The van der Waals surface area contributed by atoms with E-state index in [1.54, 1.807) is 0 Å². The molecular weight excluding hydrogens is 304 g/mol. The van der Waals surface area contributed by atoms with Crippen LogP contribution >= 0.6 is 0 Å². The van der Waals surface area contributed by atoms with Crippen molar-refractivity contribution in [3.8, 4) is 0 Å². The topological polar surface area (TPSA) is 39.2 Å². The van der Waals surface area contributed by atoms with Crippen molar-refractivity contribution >= 4 is 11.4 Å². The van der Waals surface area contributed by atoms with Gasteiger partial charge in [0, 0.05) is 29.7 Å². The standard InChI is InChI=1S/C19H24N2OS/c1-19(2,3)23(22)21-13-11-17-16(10-7-12-20-17)18(21)14-15-8-5-4-6-9-15/h4-10,12,18H,11,13-14H2,1-3H3. The molecule has 3 nitrogen and oxygen atoms in total. The van der Waals surface area contributed by atoms with E-state index in [1.165, 1.54) is 11.1 Å². The zero-order valence-electron chi connectivity index (χ0n) is 14.0. The molecule has 0 fully saturated rings. The predicted octanol–water partition coefficient (Wildman–Crippen LogP) is 3.69. The number of hydrogen-bond acceptors (Lipinski definition) is 3. The number of hydrogen-bond donors (Lipinski definition) is 0. The maximum atomic E-state index is 13.0. The first-order valence-electron chi connectivity index (χ1n) is 8.13. The van der Waals surface area contributed by atoms with Gasteiger partial charge in [0.15, 0.2) is 0 Å². The average molecular weight is 328 g/mol. The minimum absolute atomic E-state index is 0.120. The van der Waals surface area contributed by atoms with Crippen molar-refractivity contribution in [1.29, 1.82) is 0 Å². The molecule has 0 N–H and O–H groups in total. The molecule has 1 aliphatic heterocycles. The molecule has 0 amide bonds. The number of nitrogens with zero attached hydrogens (tertiary/aromatic N) is 2. The fourth-order valence-corrected chi connectivity index (χ4v) is 4.47. The number of fused-ring (bicyclic) bond motifs is 1. The molecule has 1 aromatic carbocycles. The van der Waals surface area contributed by atoms with Crippen molar-refractivity contribution in [3.63, 3.8) is 0 Å². The molecule has 2 aromatic rings. The first kappa shape index (κ1) is 16.5. The molecule has 0 saturated carbocycles. The van der Waals surface area contributed by atoms with Crippen molar-refractivity contribution in [3.05, 3.63) is 65.5 Å². The molecule has 3 rings (SSSR count). The highest BCUT2D eigenvalue weighted by atomic mass is 32.2. The van der Waals surface area contributed by atoms with E-state index in [2.05, 4.69) is 39.6 Å². The number of rotatable bonds is 3. The first-order chi connectivity index (χ1) is 11.0. The second-order valence-corrected chi connectivity index (χ2v) is 9.19. The van der Waals surface area contributed by atoms with Crippen molar-refractivity contribution in [2.24, 2.45) is 0 Å². The van der Waals surface area contributed by atoms with Gasteiger partial charge in [-0.2, -0.15) is 0 Å². The summed E-state index contributed by atoms with van der Waals surface area (Å²) in [6.07, 6.45) is 3.58. The van der Waals surface area contributed by atoms with Gasteiger partial charge in [-0.1, -0.05) is 36.4 Å². The Morgan fingerprint density at radius 1 is 1.17 bits per heavy atom. The van der Waals surface area contributed by atoms with Gasteiger partial charge in [0.2, 0.25) is 0 Å². The molecule has 23 heavy (non-hydrogen) atoms. The van der Waals surface area contributed by atoms with Crippen LogP contribution in [-0.4, -0.2) is 25.1 Å². The molecule has 0 aliphatic carbocycles. The summed E-state index contributed by atoms with van der Waals surface area (Å²) < 4.78 is 15.0. The Hall–Kier alpha value is -1.36. The average Bonchev–Trinajstić information content (AvgIpc) is 2.55. The molecule has 1 aromatic heterocycles. The Labute approximate surface area is 142 Å². The van der Waals surface area contributed by atoms with Crippen molar-refractivity contribution in [1.82, 2.24) is 9.29 Å². The van der Waals surface area contributed by atoms with Gasteiger partial charge in [-0.25, -0.2) is 0 Å². The third-order valence-electron chi connectivity index (χ3n) is 4.21. The summed E-state index contributed by atoms with van der Waals surface area (Å²) in [4.78, 5) is 4.54. The fourth-order valence-electron chi connectivity index (χ4n) is 3.09. The van der Waals surface area contributed by atoms with Crippen LogP contribution in [0.25, 0.3) is 0 Å². The van der Waals surface area contributed by atoms with Gasteiger partial charge >= 0.3 is 0 Å². The highest BCUT2D eigenvalue weighted by molar-refractivity contribution is 7.90. The van der Waals surface area contributed by atoms with Gasteiger partial charge in [-0.3, -0.25) is 4.98 Å². The second kappa shape index (κ2) is 6.63. The zero-order valence-corrected chi connectivity index (χ0v) is 14.8. The van der Waals surface area contributed by atoms with Gasteiger partial charge < -0.3 is 4.55 Å². The second-order valence-electron chi connectivity index (χ2n) is 7.00. The smallest absolute Gasteiger partial charge is 0.137 e. The lowest BCUT2D eigenvalue weighted by Gasteiger charge is -2.40. The van der Waals surface area contributed by atoms with Crippen LogP contribution in [0.2, 0.25) is 0 Å². The van der Waals surface area contributed by atoms with Gasteiger partial charge in [-0.15, -0.1) is 4.31 Å². The summed E-state index contributed by atoms with van der Waals surface area (Å²) in [5.74, 6) is 0. The molecular formula is C19H24N2OS. The Bertz CT molecular complexity index is 654. The Morgan fingerprint density at radius 2 is 1.91 bits per heavy atom. The zero-order chi connectivity index (χ0) is 16.4. The Morgan fingerprint density at radius 3 is 2.61 bits per heavy atom. The number of aromatic nitrogens is 1. The van der Waals surface area contributed by atoms with E-state index in [0.29, 0.717) is 0 Å². The third kappa shape index (κ3) is 3.60. The lowest BCUT2D eigenvalue weighted by Crippen LogP contribution is -2.48. The van der Waals surface area contributed by atoms with E-state index >= 15 is 0 Å². The highest BCUT2D eigenvalue weighted by Gasteiger charge is 2.41. The molecule has 2 atom stereocenters. The maximum Gasteiger partial charge on any atom is 0.137 e. The van der Waals surface area contributed by atoms with Crippen molar-refractivity contribution in [2.45, 2.75) is 44.4 Å². The lowest BCUT2D eigenvalue weighted by atomic mass is 9.93. The normalized spacial score (nSPS) is 20.1. The summed E-state index contributed by atoms with van der Waals surface area (Å²) in [5.41, 5.74) is 3.64. The summed E-state index contributed by atoms with van der Waals surface area (Å²) >= 11 is -1.03. The molecule has 0 bridgehead atoms. The third-order valence-corrected chi connectivity index (χ3v) is 6.12. The Balaban J connectivity index is 1.96.